The molecule has 4 nitrogen and oxygen atoms in total. The summed E-state index contributed by atoms with van der Waals surface area (Å²) in [5, 5.41) is 0. The predicted molar refractivity (Wildman–Crippen MR) is 104 cm³/mol. The zero-order chi connectivity index (χ0) is 17.2. The summed E-state index contributed by atoms with van der Waals surface area (Å²) in [6, 6.07) is 17.9. The van der Waals surface area contributed by atoms with Gasteiger partial charge in [-0.15, -0.1) is 12.4 Å². The number of nitrogens with zero attached hydrogens (tertiary/aromatic N) is 1. The van der Waals surface area contributed by atoms with Crippen LogP contribution in [0.1, 0.15) is 24.0 Å². The number of aryl methyl sites for hydroxylation is 1. The Bertz CT molecular complexity index is 635. The summed E-state index contributed by atoms with van der Waals surface area (Å²) in [5.74, 6) is 0.986. The van der Waals surface area contributed by atoms with Gasteiger partial charge in [-0.2, -0.15) is 0 Å². The first-order valence-corrected chi connectivity index (χ1v) is 8.38. The molecule has 0 bridgehead atoms. The van der Waals surface area contributed by atoms with E-state index in [1.54, 1.807) is 7.11 Å². The van der Waals surface area contributed by atoms with E-state index < -0.39 is 0 Å². The first-order valence-electron chi connectivity index (χ1n) is 8.38. The van der Waals surface area contributed by atoms with Crippen molar-refractivity contribution in [2.75, 3.05) is 20.2 Å². The summed E-state index contributed by atoms with van der Waals surface area (Å²) in [6.45, 7) is 1.91. The smallest absolute Gasteiger partial charge is 0.223 e. The Morgan fingerprint density at radius 1 is 1.08 bits per heavy atom. The molecule has 0 fully saturated rings. The molecule has 0 aliphatic heterocycles. The van der Waals surface area contributed by atoms with Crippen molar-refractivity contribution < 1.29 is 9.53 Å². The van der Waals surface area contributed by atoms with Crippen molar-refractivity contribution in [2.45, 2.75) is 25.8 Å². The fourth-order valence-electron chi connectivity index (χ4n) is 2.69. The topological polar surface area (TPSA) is 55.6 Å². The molecule has 5 heteroatoms. The third kappa shape index (κ3) is 6.77. The third-order valence-corrected chi connectivity index (χ3v) is 4.00. The largest absolute Gasteiger partial charge is 0.496 e. The molecule has 2 rings (SSSR count). The SMILES string of the molecule is COc1ccccc1CCC(=O)N(CCCN)Cc1ccccc1.Cl. The van der Waals surface area contributed by atoms with Crippen molar-refractivity contribution in [3.8, 4) is 5.75 Å². The van der Waals surface area contributed by atoms with Crippen LogP contribution >= 0.6 is 12.4 Å². The second kappa shape index (κ2) is 11.5. The highest BCUT2D eigenvalue weighted by atomic mass is 35.5. The average Bonchev–Trinajstić information content (AvgIpc) is 2.64. The maximum Gasteiger partial charge on any atom is 0.223 e. The summed E-state index contributed by atoms with van der Waals surface area (Å²) in [5.41, 5.74) is 7.82. The molecule has 0 radical (unpaired) electrons. The Morgan fingerprint density at radius 3 is 2.44 bits per heavy atom. The zero-order valence-electron chi connectivity index (χ0n) is 14.7. The van der Waals surface area contributed by atoms with Crippen molar-refractivity contribution in [1.82, 2.24) is 4.90 Å². The normalized spacial score (nSPS) is 10.0. The molecule has 0 saturated carbocycles. The minimum absolute atomic E-state index is 0. The molecule has 0 aromatic heterocycles. The van der Waals surface area contributed by atoms with Gasteiger partial charge in [0.1, 0.15) is 5.75 Å². The molecule has 2 N–H and O–H groups in total. The summed E-state index contributed by atoms with van der Waals surface area (Å²) in [7, 11) is 1.66. The number of hydrogen-bond acceptors (Lipinski definition) is 3. The molecule has 0 heterocycles. The highest BCUT2D eigenvalue weighted by molar-refractivity contribution is 5.85. The Morgan fingerprint density at radius 2 is 1.76 bits per heavy atom. The summed E-state index contributed by atoms with van der Waals surface area (Å²) < 4.78 is 5.36. The number of carbonyl (C=O) groups excluding carboxylic acids is 1. The van der Waals surface area contributed by atoms with E-state index in [0.29, 0.717) is 32.5 Å². The molecule has 0 aliphatic carbocycles. The van der Waals surface area contributed by atoms with E-state index in [9.17, 15) is 4.79 Å². The van der Waals surface area contributed by atoms with E-state index in [1.165, 1.54) is 0 Å². The standard InChI is InChI=1S/C20H26N2O2.ClH/c1-24-19-11-6-5-10-18(19)12-13-20(23)22(15-7-14-21)16-17-8-3-2-4-9-17;/h2-6,8-11H,7,12-16,21H2,1H3;1H. The van der Waals surface area contributed by atoms with Gasteiger partial charge in [0, 0.05) is 19.5 Å². The lowest BCUT2D eigenvalue weighted by Gasteiger charge is -2.23. The van der Waals surface area contributed by atoms with E-state index in [0.717, 1.165) is 23.3 Å². The number of benzene rings is 2. The Labute approximate surface area is 156 Å². The fraction of sp³-hybridized carbons (Fsp3) is 0.350. The van der Waals surface area contributed by atoms with Gasteiger partial charge in [-0.3, -0.25) is 4.79 Å². The number of amides is 1. The minimum Gasteiger partial charge on any atom is -0.496 e. The van der Waals surface area contributed by atoms with Gasteiger partial charge in [-0.1, -0.05) is 48.5 Å². The monoisotopic (exact) mass is 362 g/mol. The lowest BCUT2D eigenvalue weighted by Crippen LogP contribution is -2.32. The van der Waals surface area contributed by atoms with Gasteiger partial charge in [0.25, 0.3) is 0 Å². The number of rotatable bonds is 9. The van der Waals surface area contributed by atoms with E-state index in [2.05, 4.69) is 0 Å². The average molecular weight is 363 g/mol. The van der Waals surface area contributed by atoms with Crippen LogP contribution < -0.4 is 10.5 Å². The molecular formula is C20H27ClN2O2. The van der Waals surface area contributed by atoms with Crippen LogP contribution in [0, 0.1) is 0 Å². The maximum absolute atomic E-state index is 12.7. The van der Waals surface area contributed by atoms with Crippen molar-refractivity contribution in [3.05, 3.63) is 65.7 Å². The van der Waals surface area contributed by atoms with Gasteiger partial charge >= 0.3 is 0 Å². The van der Waals surface area contributed by atoms with Crippen LogP contribution in [-0.2, 0) is 17.8 Å². The van der Waals surface area contributed by atoms with Gasteiger partial charge in [-0.05, 0) is 36.6 Å². The Hall–Kier alpha value is -2.04. The Balaban J connectivity index is 0.00000312. The van der Waals surface area contributed by atoms with Gasteiger partial charge in [0.2, 0.25) is 5.91 Å². The van der Waals surface area contributed by atoms with E-state index in [1.807, 2.05) is 59.5 Å². The molecule has 0 spiro atoms. The van der Waals surface area contributed by atoms with Crippen molar-refractivity contribution in [2.24, 2.45) is 5.73 Å². The first-order chi connectivity index (χ1) is 11.7. The van der Waals surface area contributed by atoms with Crippen molar-refractivity contribution in [3.63, 3.8) is 0 Å². The number of ether oxygens (including phenoxy) is 1. The summed E-state index contributed by atoms with van der Waals surface area (Å²) in [4.78, 5) is 14.6. The van der Waals surface area contributed by atoms with Crippen molar-refractivity contribution in [1.29, 1.82) is 0 Å². The number of halogens is 1. The van der Waals surface area contributed by atoms with E-state index in [4.69, 9.17) is 10.5 Å². The number of hydrogen-bond donors (Lipinski definition) is 1. The molecule has 2 aromatic carbocycles. The molecule has 25 heavy (non-hydrogen) atoms. The van der Waals surface area contributed by atoms with Crippen LogP contribution in [0.3, 0.4) is 0 Å². The highest BCUT2D eigenvalue weighted by Gasteiger charge is 2.14. The van der Waals surface area contributed by atoms with Crippen LogP contribution in [-0.4, -0.2) is 31.0 Å². The zero-order valence-corrected chi connectivity index (χ0v) is 15.5. The lowest BCUT2D eigenvalue weighted by atomic mass is 10.1. The second-order valence-corrected chi connectivity index (χ2v) is 5.75. The minimum atomic E-state index is 0. The predicted octanol–water partition coefficient (Wildman–Crippen LogP) is 3.43. The van der Waals surface area contributed by atoms with Crippen LogP contribution in [0.25, 0.3) is 0 Å². The van der Waals surface area contributed by atoms with Crippen LogP contribution in [0.2, 0.25) is 0 Å². The first kappa shape index (κ1) is 21.0. The quantitative estimate of drug-likeness (QED) is 0.743. The maximum atomic E-state index is 12.7. The number of carbonyl (C=O) groups is 1. The van der Waals surface area contributed by atoms with Gasteiger partial charge in [0.05, 0.1) is 7.11 Å². The Kier molecular flexibility index (Phi) is 9.66. The van der Waals surface area contributed by atoms with Crippen LogP contribution in [0.4, 0.5) is 0 Å². The lowest BCUT2D eigenvalue weighted by molar-refractivity contribution is -0.131. The molecule has 136 valence electrons. The van der Waals surface area contributed by atoms with Gasteiger partial charge in [0.15, 0.2) is 0 Å². The molecule has 0 atom stereocenters. The molecule has 0 unspecified atom stereocenters. The molecule has 2 aromatic rings. The highest BCUT2D eigenvalue weighted by Crippen LogP contribution is 2.19. The van der Waals surface area contributed by atoms with Crippen LogP contribution in [0.5, 0.6) is 5.75 Å². The number of methoxy groups -OCH3 is 1. The van der Waals surface area contributed by atoms with E-state index >= 15 is 0 Å². The number of para-hydroxylation sites is 1. The molecule has 0 saturated heterocycles. The third-order valence-electron chi connectivity index (χ3n) is 4.00. The fourth-order valence-corrected chi connectivity index (χ4v) is 2.69. The number of nitrogens with two attached hydrogens (primary N) is 1. The second-order valence-electron chi connectivity index (χ2n) is 5.75. The summed E-state index contributed by atoms with van der Waals surface area (Å²) >= 11 is 0. The molecule has 1 amide bonds. The van der Waals surface area contributed by atoms with Crippen molar-refractivity contribution >= 4 is 18.3 Å². The van der Waals surface area contributed by atoms with Gasteiger partial charge in [-0.25, -0.2) is 0 Å². The molecule has 0 aliphatic rings. The molecular weight excluding hydrogens is 336 g/mol. The van der Waals surface area contributed by atoms with Gasteiger partial charge < -0.3 is 15.4 Å². The summed E-state index contributed by atoms with van der Waals surface area (Å²) in [6.07, 6.45) is 1.96. The van der Waals surface area contributed by atoms with Crippen LogP contribution in [0.15, 0.2) is 54.6 Å². The van der Waals surface area contributed by atoms with E-state index in [-0.39, 0.29) is 18.3 Å².